The Morgan fingerprint density at radius 3 is 2.48 bits per heavy atom. The lowest BCUT2D eigenvalue weighted by Gasteiger charge is -2.45. The van der Waals surface area contributed by atoms with Crippen LogP contribution in [0.1, 0.15) is 43.7 Å². The van der Waals surface area contributed by atoms with E-state index in [9.17, 15) is 15.2 Å². The molecule has 1 aliphatic heterocycles. The molecule has 6 rings (SSSR count). The molecule has 0 radical (unpaired) electrons. The Balaban J connectivity index is 1.15. The fraction of sp³-hybridized carbons (Fsp3) is 0.375. The number of hydrogen-bond acceptors (Lipinski definition) is 9. The van der Waals surface area contributed by atoms with Crippen molar-refractivity contribution >= 4 is 23.6 Å². The molecule has 2 amide bonds. The highest BCUT2D eigenvalue weighted by atomic mass is 16.3. The van der Waals surface area contributed by atoms with Gasteiger partial charge in [0.05, 0.1) is 18.0 Å². The topological polar surface area (TPSA) is 148 Å². The minimum Gasteiger partial charge on any atom is -0.386 e. The Bertz CT molecular complexity index is 1630. The summed E-state index contributed by atoms with van der Waals surface area (Å²) >= 11 is 0. The van der Waals surface area contributed by atoms with Gasteiger partial charge in [-0.3, -0.25) is 9.58 Å². The van der Waals surface area contributed by atoms with Gasteiger partial charge in [0, 0.05) is 62.3 Å². The van der Waals surface area contributed by atoms with Gasteiger partial charge in [-0.15, -0.1) is 0 Å². The summed E-state index contributed by atoms with van der Waals surface area (Å²) in [6, 6.07) is 15.8. The van der Waals surface area contributed by atoms with Gasteiger partial charge in [0.25, 0.3) is 0 Å². The predicted octanol–water partition coefficient (Wildman–Crippen LogP) is 3.85. The molecule has 0 atom stereocenters. The Morgan fingerprint density at radius 2 is 1.84 bits per heavy atom. The first-order valence-electron chi connectivity index (χ1n) is 14.8. The Morgan fingerprint density at radius 1 is 1.07 bits per heavy atom. The van der Waals surface area contributed by atoms with E-state index in [0.29, 0.717) is 42.8 Å². The number of anilines is 3. The number of nitrogens with zero attached hydrogens (tertiary/aromatic N) is 8. The number of rotatable bonds is 8. The van der Waals surface area contributed by atoms with Crippen molar-refractivity contribution < 1.29 is 9.90 Å². The SMILES string of the molecule is Cn1cc(-c2ccc(N(C(=O)NCc3ccccc3)C3CCC(Nc4ncc(C#N)c(N5CC(C)(O)C5)n4)CC3)nc2)cn1. The first kappa shape index (κ1) is 29.1. The molecule has 2 fully saturated rings. The molecule has 1 aromatic carbocycles. The molecule has 3 aromatic heterocycles. The number of hydrogen-bond donors (Lipinski definition) is 3. The third kappa shape index (κ3) is 6.48. The molecule has 0 spiro atoms. The number of β-amino-alcohol motifs (C(OH)–C–C–N with tert-alkyl or cyclic N) is 1. The summed E-state index contributed by atoms with van der Waals surface area (Å²) in [5.41, 5.74) is 2.52. The lowest BCUT2D eigenvalue weighted by atomic mass is 9.90. The molecular formula is C32H36N10O2. The zero-order valence-corrected chi connectivity index (χ0v) is 24.9. The van der Waals surface area contributed by atoms with E-state index < -0.39 is 5.60 Å². The Hall–Kier alpha value is -5.02. The van der Waals surface area contributed by atoms with Crippen molar-refractivity contribution in [1.82, 2.24) is 30.0 Å². The van der Waals surface area contributed by atoms with E-state index in [1.807, 2.05) is 60.6 Å². The summed E-state index contributed by atoms with van der Waals surface area (Å²) in [6.07, 6.45) is 10.2. The summed E-state index contributed by atoms with van der Waals surface area (Å²) in [5, 5.41) is 30.5. The third-order valence-electron chi connectivity index (χ3n) is 8.18. The number of carbonyl (C=O) groups excluding carboxylic acids is 1. The molecule has 1 aliphatic carbocycles. The highest BCUT2D eigenvalue weighted by Crippen LogP contribution is 2.31. The standard InChI is InChI=1S/C32H36N10O2/c1-32(44)20-41(21-32)29-24(14-33)17-35-30(39-29)38-26-9-11-27(12-10-26)42(31(43)36-15-22-6-4-3-5-7-22)28-13-8-23(16-34-28)25-18-37-40(2)19-25/h3-8,13,16-19,26-27,44H,9-12,15,20-21H2,1-2H3,(H,36,43)(H,35,38,39). The van der Waals surface area contributed by atoms with Crippen LogP contribution in [0, 0.1) is 11.3 Å². The fourth-order valence-electron chi connectivity index (χ4n) is 5.93. The number of carbonyl (C=O) groups is 1. The number of nitriles is 1. The van der Waals surface area contributed by atoms with Gasteiger partial charge in [-0.05, 0) is 50.3 Å². The van der Waals surface area contributed by atoms with E-state index in [0.717, 1.165) is 42.4 Å². The lowest BCUT2D eigenvalue weighted by Crippen LogP contribution is -2.60. The summed E-state index contributed by atoms with van der Waals surface area (Å²) in [6.45, 7) is 3.03. The molecule has 1 saturated heterocycles. The first-order chi connectivity index (χ1) is 21.3. The summed E-state index contributed by atoms with van der Waals surface area (Å²) in [5.74, 6) is 1.59. The average Bonchev–Trinajstić information content (AvgIpc) is 3.46. The van der Waals surface area contributed by atoms with Crippen LogP contribution in [0.2, 0.25) is 0 Å². The Kier molecular flexibility index (Phi) is 8.13. The van der Waals surface area contributed by atoms with Crippen molar-refractivity contribution in [2.45, 2.75) is 56.8 Å². The van der Waals surface area contributed by atoms with Gasteiger partial charge in [0.15, 0.2) is 5.82 Å². The number of urea groups is 1. The molecule has 44 heavy (non-hydrogen) atoms. The van der Waals surface area contributed by atoms with Crippen LogP contribution in [0.4, 0.5) is 22.4 Å². The van der Waals surface area contributed by atoms with E-state index in [1.165, 1.54) is 6.20 Å². The first-order valence-corrected chi connectivity index (χ1v) is 14.8. The third-order valence-corrected chi connectivity index (χ3v) is 8.18. The smallest absolute Gasteiger partial charge is 0.323 e. The normalized spacial score (nSPS) is 19.0. The van der Waals surface area contributed by atoms with E-state index in [1.54, 1.807) is 28.9 Å². The monoisotopic (exact) mass is 592 g/mol. The maximum Gasteiger partial charge on any atom is 0.323 e. The summed E-state index contributed by atoms with van der Waals surface area (Å²) < 4.78 is 1.75. The van der Waals surface area contributed by atoms with E-state index in [2.05, 4.69) is 31.8 Å². The van der Waals surface area contributed by atoms with Gasteiger partial charge in [0.1, 0.15) is 17.5 Å². The van der Waals surface area contributed by atoms with Gasteiger partial charge >= 0.3 is 6.03 Å². The number of aryl methyl sites for hydroxylation is 1. The molecule has 12 heteroatoms. The molecule has 1 saturated carbocycles. The molecule has 12 nitrogen and oxygen atoms in total. The molecule has 0 bridgehead atoms. The molecule has 2 aliphatic rings. The van der Waals surface area contributed by atoms with Gasteiger partial charge in [-0.1, -0.05) is 30.3 Å². The van der Waals surface area contributed by atoms with E-state index in [4.69, 9.17) is 4.98 Å². The van der Waals surface area contributed by atoms with Gasteiger partial charge in [-0.2, -0.15) is 15.3 Å². The van der Waals surface area contributed by atoms with Crippen molar-refractivity contribution in [2.24, 2.45) is 7.05 Å². The average molecular weight is 593 g/mol. The molecular weight excluding hydrogens is 556 g/mol. The molecule has 3 N–H and O–H groups in total. The lowest BCUT2D eigenvalue weighted by molar-refractivity contribution is 0.0305. The number of aliphatic hydroxyl groups is 1. The van der Waals surface area contributed by atoms with Crippen LogP contribution in [0.25, 0.3) is 11.1 Å². The van der Waals surface area contributed by atoms with Crippen molar-refractivity contribution in [1.29, 1.82) is 5.26 Å². The van der Waals surface area contributed by atoms with Crippen molar-refractivity contribution in [3.8, 4) is 17.2 Å². The summed E-state index contributed by atoms with van der Waals surface area (Å²) in [7, 11) is 1.87. The minimum absolute atomic E-state index is 0.0404. The van der Waals surface area contributed by atoms with E-state index >= 15 is 0 Å². The highest BCUT2D eigenvalue weighted by Gasteiger charge is 2.39. The minimum atomic E-state index is -0.781. The molecule has 4 aromatic rings. The quantitative estimate of drug-likeness (QED) is 0.277. The van der Waals surface area contributed by atoms with E-state index in [-0.39, 0.29) is 18.1 Å². The van der Waals surface area contributed by atoms with Crippen molar-refractivity contribution in [3.63, 3.8) is 0 Å². The fourth-order valence-corrected chi connectivity index (χ4v) is 5.93. The number of aromatic nitrogens is 5. The maximum atomic E-state index is 13.7. The second-order valence-electron chi connectivity index (χ2n) is 11.9. The second kappa shape index (κ2) is 12.3. The van der Waals surface area contributed by atoms with Crippen LogP contribution < -0.4 is 20.4 Å². The zero-order valence-electron chi connectivity index (χ0n) is 24.9. The van der Waals surface area contributed by atoms with Crippen LogP contribution in [0.5, 0.6) is 0 Å². The molecule has 226 valence electrons. The zero-order chi connectivity index (χ0) is 30.7. The van der Waals surface area contributed by atoms with Crippen molar-refractivity contribution in [3.05, 3.63) is 78.4 Å². The predicted molar refractivity (Wildman–Crippen MR) is 167 cm³/mol. The van der Waals surface area contributed by atoms with Crippen molar-refractivity contribution in [2.75, 3.05) is 28.2 Å². The maximum absolute atomic E-state index is 13.7. The highest BCUT2D eigenvalue weighted by molar-refractivity contribution is 5.91. The van der Waals surface area contributed by atoms with Crippen LogP contribution in [0.15, 0.2) is 67.3 Å². The van der Waals surface area contributed by atoms with Gasteiger partial charge in [-0.25, -0.2) is 14.8 Å². The van der Waals surface area contributed by atoms with Crippen LogP contribution in [-0.2, 0) is 13.6 Å². The largest absolute Gasteiger partial charge is 0.386 e. The molecule has 4 heterocycles. The van der Waals surface area contributed by atoms with Gasteiger partial charge < -0.3 is 20.6 Å². The number of pyridine rings is 1. The van der Waals surface area contributed by atoms with Crippen LogP contribution in [-0.4, -0.2) is 66.6 Å². The van der Waals surface area contributed by atoms with Crippen LogP contribution >= 0.6 is 0 Å². The van der Waals surface area contributed by atoms with Crippen LogP contribution in [0.3, 0.4) is 0 Å². The second-order valence-corrected chi connectivity index (χ2v) is 11.9. The number of benzene rings is 1. The summed E-state index contributed by atoms with van der Waals surface area (Å²) in [4.78, 5) is 31.1. The number of amides is 2. The molecule has 0 unspecified atom stereocenters. The number of nitrogens with one attached hydrogen (secondary N) is 2. The Labute approximate surface area is 256 Å². The van der Waals surface area contributed by atoms with Gasteiger partial charge in [0.2, 0.25) is 5.95 Å².